The average Bonchev–Trinajstić information content (AvgIpc) is 2.93. The molecule has 3 aliphatic rings. The summed E-state index contributed by atoms with van der Waals surface area (Å²) in [4.78, 5) is 12.4. The number of fused-ring (bicyclic) bond motifs is 1. The molecule has 2 N–H and O–H groups in total. The van der Waals surface area contributed by atoms with Crippen molar-refractivity contribution < 1.29 is 19.7 Å². The number of ketones is 1. The van der Waals surface area contributed by atoms with Gasteiger partial charge in [-0.15, -0.1) is 0 Å². The topological polar surface area (TPSA) is 66.8 Å². The molecule has 138 valence electrons. The Morgan fingerprint density at radius 3 is 3.00 bits per heavy atom. The zero-order valence-electron chi connectivity index (χ0n) is 15.5. The fraction of sp³-hybridized carbons (Fsp3) is 0.667. The highest BCUT2D eigenvalue weighted by molar-refractivity contribution is 6.00. The number of rotatable bonds is 5. The smallest absolute Gasteiger partial charge is 0.190 e. The van der Waals surface area contributed by atoms with Crippen LogP contribution in [-0.2, 0) is 9.53 Å². The molecule has 0 saturated carbocycles. The van der Waals surface area contributed by atoms with Crippen LogP contribution in [0.2, 0.25) is 0 Å². The van der Waals surface area contributed by atoms with Crippen molar-refractivity contribution in [2.75, 3.05) is 6.61 Å². The van der Waals surface area contributed by atoms with Gasteiger partial charge < -0.3 is 14.9 Å². The molecule has 0 aromatic heterocycles. The van der Waals surface area contributed by atoms with Gasteiger partial charge in [-0.2, -0.15) is 0 Å². The second-order valence-electron chi connectivity index (χ2n) is 8.09. The summed E-state index contributed by atoms with van der Waals surface area (Å²) >= 11 is 0. The van der Waals surface area contributed by atoms with E-state index >= 15 is 0 Å². The summed E-state index contributed by atoms with van der Waals surface area (Å²) in [5.41, 5.74) is 2.87. The van der Waals surface area contributed by atoms with Crippen LogP contribution in [0.25, 0.3) is 0 Å². The second kappa shape index (κ2) is 7.08. The molecule has 25 heavy (non-hydrogen) atoms. The number of ether oxygens (including phenoxy) is 1. The lowest BCUT2D eigenvalue weighted by Crippen LogP contribution is -2.43. The monoisotopic (exact) mass is 346 g/mol. The minimum absolute atomic E-state index is 0.118. The van der Waals surface area contributed by atoms with Gasteiger partial charge in [0.25, 0.3) is 0 Å². The fourth-order valence-electron chi connectivity index (χ4n) is 4.46. The Labute approximate surface area is 150 Å². The van der Waals surface area contributed by atoms with E-state index in [9.17, 15) is 9.90 Å². The number of aliphatic hydroxyl groups is 2. The molecule has 2 aliphatic carbocycles. The Morgan fingerprint density at radius 1 is 1.52 bits per heavy atom. The van der Waals surface area contributed by atoms with Gasteiger partial charge in [0.2, 0.25) is 0 Å². The molecule has 0 bridgehead atoms. The molecular formula is C21H30O4. The van der Waals surface area contributed by atoms with Crippen molar-refractivity contribution in [3.05, 3.63) is 34.6 Å². The Balaban J connectivity index is 1.73. The number of Topliss-reactive ketones (excluding diaryl/α,β-unsaturated/α-hetero) is 1. The molecule has 0 aromatic carbocycles. The van der Waals surface area contributed by atoms with Gasteiger partial charge in [0.1, 0.15) is 17.5 Å². The van der Waals surface area contributed by atoms with Crippen LogP contribution in [0.5, 0.6) is 0 Å². The van der Waals surface area contributed by atoms with Gasteiger partial charge in [-0.1, -0.05) is 30.2 Å². The highest BCUT2D eigenvalue weighted by Gasteiger charge is 2.49. The third-order valence-electron chi connectivity index (χ3n) is 6.14. The first kappa shape index (κ1) is 18.4. The number of carbonyl (C=O) groups excluding carboxylic acids is 1. The van der Waals surface area contributed by atoms with Crippen LogP contribution in [-0.4, -0.2) is 34.3 Å². The van der Waals surface area contributed by atoms with E-state index in [0.29, 0.717) is 25.2 Å². The summed E-state index contributed by atoms with van der Waals surface area (Å²) < 4.78 is 6.31. The van der Waals surface area contributed by atoms with E-state index in [1.165, 1.54) is 5.57 Å². The van der Waals surface area contributed by atoms with E-state index in [2.05, 4.69) is 26.0 Å². The lowest BCUT2D eigenvalue weighted by molar-refractivity contribution is -0.127. The van der Waals surface area contributed by atoms with Crippen LogP contribution < -0.4 is 0 Å². The van der Waals surface area contributed by atoms with Crippen molar-refractivity contribution in [3.63, 3.8) is 0 Å². The van der Waals surface area contributed by atoms with Crippen LogP contribution >= 0.6 is 0 Å². The molecule has 0 radical (unpaired) electrons. The van der Waals surface area contributed by atoms with Crippen molar-refractivity contribution in [2.24, 2.45) is 11.8 Å². The van der Waals surface area contributed by atoms with Crippen LogP contribution in [0.15, 0.2) is 34.6 Å². The minimum atomic E-state index is -0.857. The average molecular weight is 346 g/mol. The lowest BCUT2D eigenvalue weighted by atomic mass is 9.74. The van der Waals surface area contributed by atoms with Crippen molar-refractivity contribution >= 4 is 5.78 Å². The highest BCUT2D eigenvalue weighted by Crippen LogP contribution is 2.51. The number of carbonyl (C=O) groups is 1. The maximum absolute atomic E-state index is 12.4. The zero-order chi connectivity index (χ0) is 18.2. The Hall–Kier alpha value is -1.39. The molecular weight excluding hydrogens is 316 g/mol. The quantitative estimate of drug-likeness (QED) is 0.748. The molecule has 3 rings (SSSR count). The maximum atomic E-state index is 12.4. The fourth-order valence-corrected chi connectivity index (χ4v) is 4.46. The van der Waals surface area contributed by atoms with Crippen LogP contribution in [0.3, 0.4) is 0 Å². The summed E-state index contributed by atoms with van der Waals surface area (Å²) in [6.07, 6.45) is 8.25. The van der Waals surface area contributed by atoms with Gasteiger partial charge in [-0.25, -0.2) is 0 Å². The largest absolute Gasteiger partial charge is 0.491 e. The first-order chi connectivity index (χ1) is 11.9. The van der Waals surface area contributed by atoms with E-state index in [1.54, 1.807) is 0 Å². The molecule has 1 heterocycles. The second-order valence-corrected chi connectivity index (χ2v) is 8.09. The molecule has 4 heteroatoms. The molecule has 0 aromatic rings. The van der Waals surface area contributed by atoms with Gasteiger partial charge in [-0.3, -0.25) is 4.79 Å². The van der Waals surface area contributed by atoms with Crippen molar-refractivity contribution in [1.82, 2.24) is 0 Å². The van der Waals surface area contributed by atoms with Crippen LogP contribution in [0.4, 0.5) is 0 Å². The Bertz CT molecular complexity index is 642. The van der Waals surface area contributed by atoms with E-state index in [4.69, 9.17) is 9.84 Å². The Morgan fingerprint density at radius 2 is 2.28 bits per heavy atom. The van der Waals surface area contributed by atoms with Crippen LogP contribution in [0.1, 0.15) is 59.3 Å². The van der Waals surface area contributed by atoms with Gasteiger partial charge in [0.15, 0.2) is 5.78 Å². The van der Waals surface area contributed by atoms with Gasteiger partial charge >= 0.3 is 0 Å². The molecule has 0 saturated heterocycles. The summed E-state index contributed by atoms with van der Waals surface area (Å²) in [5.74, 6) is 1.32. The van der Waals surface area contributed by atoms with Gasteiger partial charge in [0, 0.05) is 24.3 Å². The molecule has 0 spiro atoms. The van der Waals surface area contributed by atoms with Crippen molar-refractivity contribution in [2.45, 2.75) is 71.0 Å². The van der Waals surface area contributed by atoms with Crippen LogP contribution in [0, 0.1) is 11.8 Å². The summed E-state index contributed by atoms with van der Waals surface area (Å²) in [7, 11) is 0. The third-order valence-corrected chi connectivity index (χ3v) is 6.14. The van der Waals surface area contributed by atoms with Crippen molar-refractivity contribution in [3.8, 4) is 0 Å². The number of hydrogen-bond donors (Lipinski definition) is 2. The van der Waals surface area contributed by atoms with E-state index in [-0.39, 0.29) is 23.9 Å². The minimum Gasteiger partial charge on any atom is -0.491 e. The molecule has 0 fully saturated rings. The number of hydrogen-bond acceptors (Lipinski definition) is 4. The SMILES string of the molecule is C/C(=C\CC[C@H](C)C1=CC[C@]2(C)OC3=C(C[C@@H]12)C(=O)[C@@H](O)CC3)CO. The van der Waals surface area contributed by atoms with E-state index < -0.39 is 6.10 Å². The Kier molecular flexibility index (Phi) is 5.21. The van der Waals surface area contributed by atoms with Gasteiger partial charge in [0.05, 0.1) is 6.61 Å². The normalized spacial score (nSPS) is 33.6. The molecule has 4 atom stereocenters. The molecule has 0 amide bonds. The number of allylic oxidation sites excluding steroid dienone is 2. The van der Waals surface area contributed by atoms with E-state index in [0.717, 1.165) is 36.2 Å². The highest BCUT2D eigenvalue weighted by atomic mass is 16.5. The number of aliphatic hydroxyl groups excluding tert-OH is 2. The standard InChI is InChI=1S/C21H30O4/c1-13(12-22)5-4-6-14(2)15-9-10-21(3)17(15)11-16-19(25-21)8-7-18(23)20(16)24/h5,9,14,17-18,22-23H,4,6-8,10-12H2,1-3H3/b13-5+/t14-,17-,18-,21-/m0/s1. The summed E-state index contributed by atoms with van der Waals surface area (Å²) in [6, 6.07) is 0. The summed E-state index contributed by atoms with van der Waals surface area (Å²) in [6.45, 7) is 6.46. The molecule has 0 unspecified atom stereocenters. The lowest BCUT2D eigenvalue weighted by Gasteiger charge is -2.43. The van der Waals surface area contributed by atoms with E-state index in [1.807, 2.05) is 6.92 Å². The zero-order valence-corrected chi connectivity index (χ0v) is 15.5. The predicted molar refractivity (Wildman–Crippen MR) is 96.8 cm³/mol. The predicted octanol–water partition coefficient (Wildman–Crippen LogP) is 3.44. The maximum Gasteiger partial charge on any atom is 0.190 e. The first-order valence-corrected chi connectivity index (χ1v) is 9.45. The third kappa shape index (κ3) is 3.47. The first-order valence-electron chi connectivity index (χ1n) is 9.45. The van der Waals surface area contributed by atoms with Crippen molar-refractivity contribution in [1.29, 1.82) is 0 Å². The summed E-state index contributed by atoms with van der Waals surface area (Å²) in [5, 5.41) is 19.0. The molecule has 1 aliphatic heterocycles. The molecule has 4 nitrogen and oxygen atoms in total. The van der Waals surface area contributed by atoms with Gasteiger partial charge in [-0.05, 0) is 45.4 Å².